The minimum atomic E-state index is 1.13. The summed E-state index contributed by atoms with van der Waals surface area (Å²) in [6.07, 6.45) is 4.54. The van der Waals surface area contributed by atoms with Crippen LogP contribution in [0.25, 0.3) is 10.9 Å². The first-order chi connectivity index (χ1) is 7.34. The van der Waals surface area contributed by atoms with Crippen molar-refractivity contribution in [1.29, 1.82) is 0 Å². The van der Waals surface area contributed by atoms with Gasteiger partial charge in [-0.25, -0.2) is 0 Å². The molecule has 1 aliphatic rings. The third-order valence-electron chi connectivity index (χ3n) is 3.20. The van der Waals surface area contributed by atoms with E-state index >= 15 is 0 Å². The molecule has 3 rings (SSSR count). The molecule has 0 bridgehead atoms. The van der Waals surface area contributed by atoms with Crippen molar-refractivity contribution in [1.82, 2.24) is 10.2 Å². The molecule has 1 aromatic heterocycles. The van der Waals surface area contributed by atoms with Crippen LogP contribution in [-0.4, -0.2) is 23.3 Å². The van der Waals surface area contributed by atoms with Gasteiger partial charge in [-0.3, -0.25) is 5.10 Å². The SMILES string of the molecule is Cc1cc2[nH]ncc2cc1N1CCCC1. The molecule has 1 fully saturated rings. The highest BCUT2D eigenvalue weighted by atomic mass is 15.1. The second-order valence-corrected chi connectivity index (χ2v) is 4.29. The average Bonchev–Trinajstić information content (AvgIpc) is 2.85. The van der Waals surface area contributed by atoms with Gasteiger partial charge in [-0.05, 0) is 37.5 Å². The maximum Gasteiger partial charge on any atom is 0.0654 e. The van der Waals surface area contributed by atoms with E-state index in [1.807, 2.05) is 6.20 Å². The zero-order valence-electron chi connectivity index (χ0n) is 8.95. The maximum absolute atomic E-state index is 4.07. The summed E-state index contributed by atoms with van der Waals surface area (Å²) < 4.78 is 0. The van der Waals surface area contributed by atoms with Gasteiger partial charge in [-0.2, -0.15) is 5.10 Å². The lowest BCUT2D eigenvalue weighted by atomic mass is 10.1. The highest BCUT2D eigenvalue weighted by Gasteiger charge is 2.14. The molecule has 78 valence electrons. The number of nitrogens with zero attached hydrogens (tertiary/aromatic N) is 2. The molecule has 0 radical (unpaired) electrons. The molecule has 0 aliphatic carbocycles. The van der Waals surface area contributed by atoms with Crippen LogP contribution in [0.3, 0.4) is 0 Å². The lowest BCUT2D eigenvalue weighted by molar-refractivity contribution is 0.949. The molecule has 0 spiro atoms. The Morgan fingerprint density at radius 3 is 2.87 bits per heavy atom. The third kappa shape index (κ3) is 1.39. The van der Waals surface area contributed by atoms with Gasteiger partial charge in [0.15, 0.2) is 0 Å². The Balaban J connectivity index is 2.11. The van der Waals surface area contributed by atoms with E-state index < -0.39 is 0 Å². The standard InChI is InChI=1S/C12H15N3/c1-9-6-11-10(8-13-14-11)7-12(9)15-4-2-3-5-15/h6-8H,2-5H2,1H3,(H,13,14). The summed E-state index contributed by atoms with van der Waals surface area (Å²) in [6, 6.07) is 4.44. The first-order valence-electron chi connectivity index (χ1n) is 5.53. The van der Waals surface area contributed by atoms with E-state index in [0.29, 0.717) is 0 Å². The van der Waals surface area contributed by atoms with Gasteiger partial charge in [0.2, 0.25) is 0 Å². The van der Waals surface area contributed by atoms with Gasteiger partial charge in [0, 0.05) is 24.2 Å². The minimum Gasteiger partial charge on any atom is -0.371 e. The Morgan fingerprint density at radius 1 is 1.27 bits per heavy atom. The number of hydrogen-bond donors (Lipinski definition) is 1. The van der Waals surface area contributed by atoms with E-state index in [9.17, 15) is 0 Å². The first kappa shape index (κ1) is 8.77. The predicted octanol–water partition coefficient (Wildman–Crippen LogP) is 2.47. The van der Waals surface area contributed by atoms with Crippen molar-refractivity contribution in [2.24, 2.45) is 0 Å². The van der Waals surface area contributed by atoms with Crippen LogP contribution in [0.2, 0.25) is 0 Å². The Morgan fingerprint density at radius 2 is 2.07 bits per heavy atom. The molecule has 1 aliphatic heterocycles. The Kier molecular flexibility index (Phi) is 1.91. The van der Waals surface area contributed by atoms with E-state index in [2.05, 4.69) is 34.2 Å². The summed E-state index contributed by atoms with van der Waals surface area (Å²) in [5.74, 6) is 0. The predicted molar refractivity (Wildman–Crippen MR) is 62.3 cm³/mol. The third-order valence-corrected chi connectivity index (χ3v) is 3.20. The zero-order chi connectivity index (χ0) is 10.3. The Bertz CT molecular complexity index is 481. The van der Waals surface area contributed by atoms with Crippen molar-refractivity contribution in [2.75, 3.05) is 18.0 Å². The number of aromatic amines is 1. The molecule has 1 N–H and O–H groups in total. The summed E-state index contributed by atoms with van der Waals surface area (Å²) in [7, 11) is 0. The van der Waals surface area contributed by atoms with Crippen LogP contribution >= 0.6 is 0 Å². The van der Waals surface area contributed by atoms with Gasteiger partial charge < -0.3 is 4.90 Å². The van der Waals surface area contributed by atoms with Crippen LogP contribution in [0.5, 0.6) is 0 Å². The number of aryl methyl sites for hydroxylation is 1. The van der Waals surface area contributed by atoms with Crippen molar-refractivity contribution < 1.29 is 0 Å². The number of fused-ring (bicyclic) bond motifs is 1. The van der Waals surface area contributed by atoms with Gasteiger partial charge in [0.1, 0.15) is 0 Å². The molecule has 2 heterocycles. The molecule has 0 amide bonds. The molecule has 0 unspecified atom stereocenters. The molecule has 0 atom stereocenters. The van der Waals surface area contributed by atoms with Crippen LogP contribution in [0, 0.1) is 6.92 Å². The van der Waals surface area contributed by atoms with Gasteiger partial charge in [-0.15, -0.1) is 0 Å². The molecule has 3 heteroatoms. The Labute approximate surface area is 89.1 Å². The van der Waals surface area contributed by atoms with Crippen LogP contribution in [0.15, 0.2) is 18.3 Å². The highest BCUT2D eigenvalue weighted by Crippen LogP contribution is 2.27. The number of anilines is 1. The number of hydrogen-bond acceptors (Lipinski definition) is 2. The zero-order valence-corrected chi connectivity index (χ0v) is 8.95. The molecule has 1 saturated heterocycles. The summed E-state index contributed by atoms with van der Waals surface area (Å²) in [5.41, 5.74) is 3.85. The fourth-order valence-corrected chi connectivity index (χ4v) is 2.39. The maximum atomic E-state index is 4.07. The van der Waals surface area contributed by atoms with Crippen molar-refractivity contribution in [2.45, 2.75) is 19.8 Å². The second kappa shape index (κ2) is 3.26. The molecular formula is C12H15N3. The monoisotopic (exact) mass is 201 g/mol. The second-order valence-electron chi connectivity index (χ2n) is 4.29. The largest absolute Gasteiger partial charge is 0.371 e. The van der Waals surface area contributed by atoms with Crippen LogP contribution in [0.4, 0.5) is 5.69 Å². The van der Waals surface area contributed by atoms with Gasteiger partial charge >= 0.3 is 0 Å². The quantitative estimate of drug-likeness (QED) is 0.768. The van der Waals surface area contributed by atoms with E-state index in [-0.39, 0.29) is 0 Å². The van der Waals surface area contributed by atoms with Crippen molar-refractivity contribution in [3.05, 3.63) is 23.9 Å². The van der Waals surface area contributed by atoms with Crippen LogP contribution in [0.1, 0.15) is 18.4 Å². The summed E-state index contributed by atoms with van der Waals surface area (Å²) >= 11 is 0. The van der Waals surface area contributed by atoms with E-state index in [1.165, 1.54) is 42.6 Å². The topological polar surface area (TPSA) is 31.9 Å². The lowest BCUT2D eigenvalue weighted by Gasteiger charge is -2.20. The first-order valence-corrected chi connectivity index (χ1v) is 5.53. The van der Waals surface area contributed by atoms with Crippen molar-refractivity contribution >= 4 is 16.6 Å². The van der Waals surface area contributed by atoms with Gasteiger partial charge in [0.05, 0.1) is 11.7 Å². The summed E-state index contributed by atoms with van der Waals surface area (Å²) in [6.45, 7) is 4.57. The van der Waals surface area contributed by atoms with E-state index in [1.54, 1.807) is 0 Å². The number of benzene rings is 1. The summed E-state index contributed by atoms with van der Waals surface area (Å²) in [5, 5.41) is 8.29. The normalized spacial score (nSPS) is 16.5. The molecule has 2 aromatic rings. The number of H-pyrrole nitrogens is 1. The van der Waals surface area contributed by atoms with Crippen LogP contribution < -0.4 is 4.90 Å². The van der Waals surface area contributed by atoms with Crippen LogP contribution in [-0.2, 0) is 0 Å². The molecular weight excluding hydrogens is 186 g/mol. The highest BCUT2D eigenvalue weighted by molar-refractivity contribution is 5.83. The number of nitrogens with one attached hydrogen (secondary N) is 1. The molecule has 1 aromatic carbocycles. The molecule has 0 saturated carbocycles. The average molecular weight is 201 g/mol. The minimum absolute atomic E-state index is 1.13. The van der Waals surface area contributed by atoms with Crippen molar-refractivity contribution in [3.63, 3.8) is 0 Å². The van der Waals surface area contributed by atoms with Gasteiger partial charge in [-0.1, -0.05) is 0 Å². The number of rotatable bonds is 1. The smallest absolute Gasteiger partial charge is 0.0654 e. The van der Waals surface area contributed by atoms with Gasteiger partial charge in [0.25, 0.3) is 0 Å². The van der Waals surface area contributed by atoms with Crippen molar-refractivity contribution in [3.8, 4) is 0 Å². The summed E-state index contributed by atoms with van der Waals surface area (Å²) in [4.78, 5) is 2.47. The van der Waals surface area contributed by atoms with E-state index in [4.69, 9.17) is 0 Å². The molecule has 3 nitrogen and oxygen atoms in total. The fraction of sp³-hybridized carbons (Fsp3) is 0.417. The Hall–Kier alpha value is -1.51. The fourth-order valence-electron chi connectivity index (χ4n) is 2.39. The van der Waals surface area contributed by atoms with E-state index in [0.717, 1.165) is 5.52 Å². The lowest BCUT2D eigenvalue weighted by Crippen LogP contribution is -2.18. The number of aromatic nitrogens is 2. The molecule has 15 heavy (non-hydrogen) atoms.